The van der Waals surface area contributed by atoms with Gasteiger partial charge in [0.2, 0.25) is 5.91 Å². The first-order valence-electron chi connectivity index (χ1n) is 7.15. The summed E-state index contributed by atoms with van der Waals surface area (Å²) < 4.78 is 23.9. The average molecular weight is 288 g/mol. The third kappa shape index (κ3) is 2.79. The molecule has 110 valence electrons. The van der Waals surface area contributed by atoms with Gasteiger partial charge >= 0.3 is 0 Å². The molecule has 0 aromatic carbocycles. The van der Waals surface area contributed by atoms with E-state index in [1.165, 1.54) is 0 Å². The number of carbonyl (C=O) groups is 1. The largest absolute Gasteiger partial charge is 0.324 e. The Bertz CT molecular complexity index is 447. The van der Waals surface area contributed by atoms with Crippen LogP contribution in [0, 0.1) is 5.92 Å². The first-order chi connectivity index (χ1) is 8.86. The average Bonchev–Trinajstić information content (AvgIpc) is 2.82. The maximum atomic E-state index is 12.3. The number of nitrogens with zero attached hydrogens (tertiary/aromatic N) is 1. The zero-order valence-corrected chi connectivity index (χ0v) is 12.7. The predicted octanol–water partition coefficient (Wildman–Crippen LogP) is 0.756. The SMILES string of the molecule is CCC1NC(C(C)C)N(CC2CCCS2(=O)=O)C1=O. The summed E-state index contributed by atoms with van der Waals surface area (Å²) >= 11 is 0. The Hall–Kier alpha value is -0.620. The number of rotatable bonds is 4. The van der Waals surface area contributed by atoms with Crippen molar-refractivity contribution in [2.75, 3.05) is 12.3 Å². The van der Waals surface area contributed by atoms with Crippen LogP contribution in [0.4, 0.5) is 0 Å². The second-order valence-corrected chi connectivity index (χ2v) is 8.34. The van der Waals surface area contributed by atoms with Crippen molar-refractivity contribution in [1.29, 1.82) is 0 Å². The van der Waals surface area contributed by atoms with Crippen molar-refractivity contribution in [2.24, 2.45) is 5.92 Å². The van der Waals surface area contributed by atoms with Crippen molar-refractivity contribution in [3.8, 4) is 0 Å². The zero-order chi connectivity index (χ0) is 14.2. The van der Waals surface area contributed by atoms with Gasteiger partial charge in [0, 0.05) is 6.54 Å². The molecule has 5 nitrogen and oxygen atoms in total. The molecule has 2 saturated heterocycles. The topological polar surface area (TPSA) is 66.5 Å². The summed E-state index contributed by atoms with van der Waals surface area (Å²) in [5.41, 5.74) is 0. The summed E-state index contributed by atoms with van der Waals surface area (Å²) in [5.74, 6) is 0.615. The molecule has 2 rings (SSSR count). The van der Waals surface area contributed by atoms with E-state index in [1.807, 2.05) is 6.92 Å². The lowest BCUT2D eigenvalue weighted by Crippen LogP contribution is -2.45. The molecule has 2 aliphatic heterocycles. The van der Waals surface area contributed by atoms with Crippen molar-refractivity contribution >= 4 is 15.7 Å². The van der Waals surface area contributed by atoms with E-state index in [9.17, 15) is 13.2 Å². The zero-order valence-electron chi connectivity index (χ0n) is 11.9. The van der Waals surface area contributed by atoms with Crippen LogP contribution in [0.25, 0.3) is 0 Å². The summed E-state index contributed by atoms with van der Waals surface area (Å²) in [4.78, 5) is 14.1. The number of hydrogen-bond donors (Lipinski definition) is 1. The molecule has 3 atom stereocenters. The minimum atomic E-state index is -2.99. The molecule has 0 bridgehead atoms. The van der Waals surface area contributed by atoms with Gasteiger partial charge in [-0.1, -0.05) is 20.8 Å². The molecule has 2 heterocycles. The molecular formula is C13H24N2O3S. The Morgan fingerprint density at radius 1 is 1.42 bits per heavy atom. The van der Waals surface area contributed by atoms with Gasteiger partial charge in [-0.2, -0.15) is 0 Å². The first kappa shape index (κ1) is 14.8. The van der Waals surface area contributed by atoms with Crippen LogP contribution < -0.4 is 5.32 Å². The fraction of sp³-hybridized carbons (Fsp3) is 0.923. The van der Waals surface area contributed by atoms with Crippen molar-refractivity contribution in [2.45, 2.75) is 57.5 Å². The van der Waals surface area contributed by atoms with Gasteiger partial charge in [0.15, 0.2) is 9.84 Å². The number of amides is 1. The standard InChI is InChI=1S/C13H24N2O3S/c1-4-11-13(16)15(12(14-11)9(2)3)8-10-6-5-7-19(10,17)18/h9-12,14H,4-8H2,1-3H3. The van der Waals surface area contributed by atoms with Crippen LogP contribution in [0.2, 0.25) is 0 Å². The van der Waals surface area contributed by atoms with Gasteiger partial charge in [-0.05, 0) is 25.2 Å². The molecule has 3 unspecified atom stereocenters. The van der Waals surface area contributed by atoms with Crippen LogP contribution in [0.5, 0.6) is 0 Å². The van der Waals surface area contributed by atoms with Gasteiger partial charge in [0.25, 0.3) is 0 Å². The van der Waals surface area contributed by atoms with Crippen LogP contribution in [0.15, 0.2) is 0 Å². The van der Waals surface area contributed by atoms with Gasteiger partial charge < -0.3 is 4.90 Å². The predicted molar refractivity (Wildman–Crippen MR) is 74.4 cm³/mol. The number of hydrogen-bond acceptors (Lipinski definition) is 4. The molecule has 6 heteroatoms. The molecule has 2 fully saturated rings. The summed E-state index contributed by atoms with van der Waals surface area (Å²) in [6.07, 6.45) is 2.13. The fourth-order valence-corrected chi connectivity index (χ4v) is 4.85. The lowest BCUT2D eigenvalue weighted by molar-refractivity contribution is -0.130. The monoisotopic (exact) mass is 288 g/mol. The smallest absolute Gasteiger partial charge is 0.241 e. The minimum Gasteiger partial charge on any atom is -0.324 e. The summed E-state index contributed by atoms with van der Waals surface area (Å²) in [6.45, 7) is 6.44. The van der Waals surface area contributed by atoms with Crippen LogP contribution in [0.1, 0.15) is 40.0 Å². The van der Waals surface area contributed by atoms with Crippen LogP contribution in [-0.2, 0) is 14.6 Å². The fourth-order valence-electron chi connectivity index (χ4n) is 3.04. The Balaban J connectivity index is 2.14. The van der Waals surface area contributed by atoms with Crippen LogP contribution >= 0.6 is 0 Å². The van der Waals surface area contributed by atoms with Crippen LogP contribution in [0.3, 0.4) is 0 Å². The van der Waals surface area contributed by atoms with E-state index < -0.39 is 9.84 Å². The van der Waals surface area contributed by atoms with Gasteiger partial charge in [-0.3, -0.25) is 10.1 Å². The molecule has 1 N–H and O–H groups in total. The van der Waals surface area contributed by atoms with Gasteiger partial charge in [0.1, 0.15) is 0 Å². The second-order valence-electron chi connectivity index (χ2n) is 5.94. The van der Waals surface area contributed by atoms with E-state index in [4.69, 9.17) is 0 Å². The van der Waals surface area contributed by atoms with Crippen molar-refractivity contribution in [3.05, 3.63) is 0 Å². The highest BCUT2D eigenvalue weighted by Crippen LogP contribution is 2.25. The molecule has 19 heavy (non-hydrogen) atoms. The minimum absolute atomic E-state index is 0.0340. The second kappa shape index (κ2) is 5.40. The third-order valence-corrected chi connectivity index (χ3v) is 6.45. The Kier molecular flexibility index (Phi) is 4.20. The van der Waals surface area contributed by atoms with E-state index in [-0.39, 0.29) is 35.0 Å². The highest BCUT2D eigenvalue weighted by molar-refractivity contribution is 7.92. The molecule has 0 aliphatic carbocycles. The number of sulfone groups is 1. The Morgan fingerprint density at radius 2 is 2.11 bits per heavy atom. The van der Waals surface area contributed by atoms with Gasteiger partial charge in [-0.25, -0.2) is 8.42 Å². The number of nitrogens with one attached hydrogen (secondary N) is 1. The highest BCUT2D eigenvalue weighted by Gasteiger charge is 2.43. The maximum absolute atomic E-state index is 12.3. The Morgan fingerprint density at radius 3 is 2.58 bits per heavy atom. The molecule has 2 aliphatic rings. The van der Waals surface area contributed by atoms with Crippen LogP contribution in [-0.4, -0.2) is 49.0 Å². The van der Waals surface area contributed by atoms with E-state index in [0.29, 0.717) is 13.0 Å². The maximum Gasteiger partial charge on any atom is 0.241 e. The summed E-state index contributed by atoms with van der Waals surface area (Å²) in [7, 11) is -2.99. The highest BCUT2D eigenvalue weighted by atomic mass is 32.2. The lowest BCUT2D eigenvalue weighted by Gasteiger charge is -2.29. The summed E-state index contributed by atoms with van der Waals surface area (Å²) in [5, 5.41) is 2.96. The van der Waals surface area contributed by atoms with E-state index in [2.05, 4.69) is 19.2 Å². The Labute approximate surface area is 115 Å². The number of carbonyl (C=O) groups excluding carboxylic acids is 1. The molecule has 0 aromatic rings. The normalized spacial score (nSPS) is 34.4. The summed E-state index contributed by atoms with van der Waals surface area (Å²) in [6, 6.07) is -0.156. The third-order valence-electron chi connectivity index (χ3n) is 4.19. The molecule has 0 aromatic heterocycles. The first-order valence-corrected chi connectivity index (χ1v) is 8.86. The molecule has 0 radical (unpaired) electrons. The van der Waals surface area contributed by atoms with Gasteiger partial charge in [0.05, 0.1) is 23.2 Å². The molecule has 1 amide bonds. The molecule has 0 saturated carbocycles. The molecular weight excluding hydrogens is 264 g/mol. The van der Waals surface area contributed by atoms with E-state index >= 15 is 0 Å². The van der Waals surface area contributed by atoms with E-state index in [0.717, 1.165) is 12.8 Å². The van der Waals surface area contributed by atoms with Crippen molar-refractivity contribution in [1.82, 2.24) is 10.2 Å². The van der Waals surface area contributed by atoms with E-state index in [1.54, 1.807) is 4.90 Å². The van der Waals surface area contributed by atoms with Crippen molar-refractivity contribution in [3.63, 3.8) is 0 Å². The van der Waals surface area contributed by atoms with Crippen molar-refractivity contribution < 1.29 is 13.2 Å². The quantitative estimate of drug-likeness (QED) is 0.829. The molecule has 0 spiro atoms. The lowest BCUT2D eigenvalue weighted by atomic mass is 10.1. The van der Waals surface area contributed by atoms with Gasteiger partial charge in [-0.15, -0.1) is 0 Å².